The molecule has 1 saturated heterocycles. The van der Waals surface area contributed by atoms with Gasteiger partial charge in [-0.3, -0.25) is 9.71 Å². The topological polar surface area (TPSA) is 77.5 Å². The van der Waals surface area contributed by atoms with E-state index >= 15 is 0 Å². The highest BCUT2D eigenvalue weighted by molar-refractivity contribution is 7.92. The van der Waals surface area contributed by atoms with Crippen LogP contribution in [0.4, 0.5) is 5.69 Å². The average molecular weight is 409 g/mol. The van der Waals surface area contributed by atoms with Crippen LogP contribution >= 0.6 is 11.6 Å². The third kappa shape index (κ3) is 4.29. The van der Waals surface area contributed by atoms with Gasteiger partial charge in [0.15, 0.2) is 0 Å². The molecule has 1 aliphatic rings. The van der Waals surface area contributed by atoms with E-state index in [0.29, 0.717) is 10.7 Å². The highest BCUT2D eigenvalue weighted by atomic mass is 35.5. The predicted octanol–water partition coefficient (Wildman–Crippen LogP) is 3.07. The molecule has 0 spiro atoms. The van der Waals surface area contributed by atoms with Crippen LogP contribution in [0.5, 0.6) is 0 Å². The fourth-order valence-corrected chi connectivity index (χ4v) is 3.58. The van der Waals surface area contributed by atoms with Gasteiger partial charge in [0.1, 0.15) is 0 Å². The number of halogens is 1. The zero-order valence-electron chi connectivity index (χ0n) is 15.9. The summed E-state index contributed by atoms with van der Waals surface area (Å²) in [6, 6.07) is 6.89. The van der Waals surface area contributed by atoms with Crippen molar-refractivity contribution < 1.29 is 17.7 Å². The average Bonchev–Trinajstić information content (AvgIpc) is 2.74. The Kier molecular flexibility index (Phi) is 5.05. The number of benzene rings is 1. The number of sulfonamides is 1. The van der Waals surface area contributed by atoms with Gasteiger partial charge in [-0.2, -0.15) is 0 Å². The van der Waals surface area contributed by atoms with Gasteiger partial charge in [0.25, 0.3) is 0 Å². The first-order valence-corrected chi connectivity index (χ1v) is 10.7. The minimum Gasteiger partial charge on any atom is -0.399 e. The fourth-order valence-electron chi connectivity index (χ4n) is 2.74. The summed E-state index contributed by atoms with van der Waals surface area (Å²) < 4.78 is 37.3. The summed E-state index contributed by atoms with van der Waals surface area (Å²) in [6.07, 6.45) is 4.49. The molecule has 0 aliphatic carbocycles. The number of nitrogens with zero attached hydrogens (tertiary/aromatic N) is 1. The number of hydrogen-bond donors (Lipinski definition) is 1. The molecule has 3 rings (SSSR count). The van der Waals surface area contributed by atoms with Crippen molar-refractivity contribution in [1.82, 2.24) is 4.98 Å². The molecule has 1 aromatic carbocycles. The summed E-state index contributed by atoms with van der Waals surface area (Å²) in [4.78, 5) is 4.29. The molecule has 9 heteroatoms. The zero-order chi connectivity index (χ0) is 20.0. The second kappa shape index (κ2) is 6.77. The minimum atomic E-state index is -3.37. The molecule has 1 aliphatic heterocycles. The van der Waals surface area contributed by atoms with Crippen LogP contribution in [0.3, 0.4) is 0 Å². The second-order valence-electron chi connectivity index (χ2n) is 7.66. The lowest BCUT2D eigenvalue weighted by molar-refractivity contribution is 0.00578. The minimum absolute atomic E-state index is 0.404. The van der Waals surface area contributed by atoms with Crippen molar-refractivity contribution in [2.75, 3.05) is 11.0 Å². The van der Waals surface area contributed by atoms with Gasteiger partial charge < -0.3 is 9.31 Å². The van der Waals surface area contributed by atoms with Crippen LogP contribution in [0.15, 0.2) is 36.7 Å². The number of anilines is 1. The van der Waals surface area contributed by atoms with E-state index in [2.05, 4.69) is 9.71 Å². The quantitative estimate of drug-likeness (QED) is 0.787. The summed E-state index contributed by atoms with van der Waals surface area (Å²) in [5, 5.41) is 0.413. The molecule has 0 radical (unpaired) electrons. The maximum Gasteiger partial charge on any atom is 0.496 e. The summed E-state index contributed by atoms with van der Waals surface area (Å²) in [7, 11) is -3.89. The van der Waals surface area contributed by atoms with Crippen molar-refractivity contribution in [1.29, 1.82) is 0 Å². The Bertz CT molecular complexity index is 963. The summed E-state index contributed by atoms with van der Waals surface area (Å²) >= 11 is 6.37. The lowest BCUT2D eigenvalue weighted by Gasteiger charge is -2.32. The number of hydrogen-bond acceptors (Lipinski definition) is 5. The van der Waals surface area contributed by atoms with Crippen LogP contribution in [0.25, 0.3) is 11.1 Å². The maximum absolute atomic E-state index is 11.4. The van der Waals surface area contributed by atoms with Crippen molar-refractivity contribution >= 4 is 39.9 Å². The van der Waals surface area contributed by atoms with Crippen molar-refractivity contribution in [2.24, 2.45) is 0 Å². The van der Waals surface area contributed by atoms with Crippen LogP contribution in [0, 0.1) is 0 Å². The first-order valence-electron chi connectivity index (χ1n) is 8.46. The molecular formula is C18H22BClN2O4S. The summed E-state index contributed by atoms with van der Waals surface area (Å²) in [6.45, 7) is 7.98. The van der Waals surface area contributed by atoms with E-state index in [-0.39, 0.29) is 0 Å². The second-order valence-corrected chi connectivity index (χ2v) is 9.82. The summed E-state index contributed by atoms with van der Waals surface area (Å²) in [5.41, 5.74) is 1.84. The molecule has 0 saturated carbocycles. The monoisotopic (exact) mass is 408 g/mol. The summed E-state index contributed by atoms with van der Waals surface area (Å²) in [5.74, 6) is 0. The largest absolute Gasteiger partial charge is 0.496 e. The number of pyridine rings is 1. The molecule has 0 atom stereocenters. The highest BCUT2D eigenvalue weighted by Crippen LogP contribution is 2.37. The first-order chi connectivity index (χ1) is 12.4. The van der Waals surface area contributed by atoms with Crippen LogP contribution in [0.2, 0.25) is 5.02 Å². The third-order valence-electron chi connectivity index (χ3n) is 4.87. The third-order valence-corrected chi connectivity index (χ3v) is 5.79. The molecule has 1 fully saturated rings. The van der Waals surface area contributed by atoms with Crippen molar-refractivity contribution in [2.45, 2.75) is 38.9 Å². The van der Waals surface area contributed by atoms with E-state index in [4.69, 9.17) is 20.9 Å². The molecule has 27 heavy (non-hydrogen) atoms. The Morgan fingerprint density at radius 2 is 1.70 bits per heavy atom. The van der Waals surface area contributed by atoms with Gasteiger partial charge in [-0.1, -0.05) is 23.7 Å². The molecule has 2 heterocycles. The molecule has 1 N–H and O–H groups in total. The number of aromatic nitrogens is 1. The van der Waals surface area contributed by atoms with Gasteiger partial charge in [0, 0.05) is 34.7 Å². The lowest BCUT2D eigenvalue weighted by Crippen LogP contribution is -2.41. The van der Waals surface area contributed by atoms with E-state index in [0.717, 1.165) is 22.8 Å². The zero-order valence-corrected chi connectivity index (χ0v) is 17.5. The van der Waals surface area contributed by atoms with Gasteiger partial charge >= 0.3 is 7.12 Å². The Balaban J connectivity index is 1.91. The maximum atomic E-state index is 11.4. The van der Waals surface area contributed by atoms with Crippen molar-refractivity contribution in [3.8, 4) is 11.1 Å². The van der Waals surface area contributed by atoms with E-state index in [1.165, 1.54) is 0 Å². The SMILES string of the molecule is CC1(C)OB(c2cncc(-c3ccc(NS(C)(=O)=O)cc3Cl)c2)OC1(C)C. The fraction of sp³-hybridized carbons (Fsp3) is 0.389. The molecule has 144 valence electrons. The Hall–Kier alpha value is -1.61. The molecule has 0 bridgehead atoms. The van der Waals surface area contributed by atoms with Crippen molar-refractivity contribution in [3.63, 3.8) is 0 Å². The molecule has 0 unspecified atom stereocenters. The molecule has 6 nitrogen and oxygen atoms in total. The van der Waals surface area contributed by atoms with Gasteiger partial charge in [-0.25, -0.2) is 8.42 Å². The Morgan fingerprint density at radius 1 is 1.07 bits per heavy atom. The molecular weight excluding hydrogens is 387 g/mol. The van der Waals surface area contributed by atoms with Gasteiger partial charge in [-0.15, -0.1) is 0 Å². The molecule has 2 aromatic rings. The number of nitrogens with one attached hydrogen (secondary N) is 1. The lowest BCUT2D eigenvalue weighted by atomic mass is 9.79. The highest BCUT2D eigenvalue weighted by Gasteiger charge is 2.51. The molecule has 0 amide bonds. The van der Waals surface area contributed by atoms with E-state index in [1.807, 2.05) is 33.8 Å². The van der Waals surface area contributed by atoms with Gasteiger partial charge in [-0.05, 0) is 39.8 Å². The van der Waals surface area contributed by atoms with E-state index < -0.39 is 28.3 Å². The van der Waals surface area contributed by atoms with Crippen LogP contribution in [-0.2, 0) is 19.3 Å². The number of rotatable bonds is 4. The first kappa shape index (κ1) is 20.1. The smallest absolute Gasteiger partial charge is 0.399 e. The van der Waals surface area contributed by atoms with Crippen LogP contribution in [0.1, 0.15) is 27.7 Å². The Labute approximate surface area is 165 Å². The van der Waals surface area contributed by atoms with E-state index in [1.54, 1.807) is 30.6 Å². The Morgan fingerprint density at radius 3 is 2.26 bits per heavy atom. The van der Waals surface area contributed by atoms with Gasteiger partial charge in [0.05, 0.1) is 22.5 Å². The predicted molar refractivity (Wildman–Crippen MR) is 109 cm³/mol. The normalized spacial score (nSPS) is 18.5. The van der Waals surface area contributed by atoms with Crippen LogP contribution in [-0.4, -0.2) is 38.0 Å². The van der Waals surface area contributed by atoms with E-state index in [9.17, 15) is 8.42 Å². The standard InChI is InChI=1S/C18H22BClN2O4S/c1-17(2)18(3,4)26-19(25-17)13-8-12(10-21-11-13)15-7-6-14(9-16(15)20)22-27(5,23)24/h6-11,22H,1-5H3. The van der Waals surface area contributed by atoms with Gasteiger partial charge in [0.2, 0.25) is 10.0 Å². The van der Waals surface area contributed by atoms with Crippen LogP contribution < -0.4 is 10.2 Å². The molecule has 1 aromatic heterocycles. The van der Waals surface area contributed by atoms with Crippen molar-refractivity contribution in [3.05, 3.63) is 41.7 Å².